The number of nitrogens with one attached hydrogen (secondary N) is 1. The lowest BCUT2D eigenvalue weighted by Gasteiger charge is -2.25. The van der Waals surface area contributed by atoms with Gasteiger partial charge in [0.05, 0.1) is 4.92 Å². The van der Waals surface area contributed by atoms with Gasteiger partial charge in [-0.05, 0) is 31.3 Å². The minimum absolute atomic E-state index is 0.0541. The molecule has 1 atom stereocenters. The molecule has 23 heavy (non-hydrogen) atoms. The first-order valence-electron chi connectivity index (χ1n) is 7.34. The van der Waals surface area contributed by atoms with E-state index in [0.717, 1.165) is 12.1 Å². The molecule has 0 radical (unpaired) electrons. The van der Waals surface area contributed by atoms with Crippen molar-refractivity contribution in [2.24, 2.45) is 0 Å². The van der Waals surface area contributed by atoms with Crippen molar-refractivity contribution < 1.29 is 4.92 Å². The predicted molar refractivity (Wildman–Crippen MR) is 92.7 cm³/mol. The number of nitrogens with zero attached hydrogens (tertiary/aromatic N) is 2. The Kier molecular flexibility index (Phi) is 6.10. The first kappa shape index (κ1) is 17.4. The fourth-order valence-electron chi connectivity index (χ4n) is 2.43. The first-order valence-corrected chi connectivity index (χ1v) is 7.71. The van der Waals surface area contributed by atoms with Crippen LogP contribution >= 0.6 is 11.6 Å². The number of likely N-dealkylation sites (N-methyl/N-ethyl adjacent to an activating group) is 1. The van der Waals surface area contributed by atoms with Gasteiger partial charge in [0.15, 0.2) is 0 Å². The summed E-state index contributed by atoms with van der Waals surface area (Å²) >= 11 is 6.12. The van der Waals surface area contributed by atoms with Crippen LogP contribution in [-0.4, -0.2) is 30.5 Å². The number of hydrogen-bond acceptors (Lipinski definition) is 4. The Morgan fingerprint density at radius 1 is 1.22 bits per heavy atom. The van der Waals surface area contributed by atoms with Crippen molar-refractivity contribution in [3.63, 3.8) is 0 Å². The number of non-ortho nitro benzene ring substituents is 1. The molecular formula is C17H20ClN3O2. The number of halogens is 1. The Bertz CT molecular complexity index is 662. The Morgan fingerprint density at radius 2 is 1.91 bits per heavy atom. The monoisotopic (exact) mass is 333 g/mol. The number of nitro groups is 1. The molecule has 0 aliphatic carbocycles. The molecule has 2 aromatic rings. The Morgan fingerprint density at radius 3 is 2.52 bits per heavy atom. The maximum Gasteiger partial charge on any atom is 0.269 e. The molecule has 6 heteroatoms. The van der Waals surface area contributed by atoms with Gasteiger partial charge in [-0.25, -0.2) is 0 Å². The average Bonchev–Trinajstić information content (AvgIpc) is 2.53. The Hall–Kier alpha value is -1.95. The van der Waals surface area contributed by atoms with Crippen molar-refractivity contribution in [1.29, 1.82) is 0 Å². The summed E-state index contributed by atoms with van der Waals surface area (Å²) in [6, 6.07) is 14.9. The fourth-order valence-corrected chi connectivity index (χ4v) is 2.61. The van der Waals surface area contributed by atoms with Crippen LogP contribution in [0.1, 0.15) is 17.2 Å². The molecule has 0 fully saturated rings. The topological polar surface area (TPSA) is 58.4 Å². The van der Waals surface area contributed by atoms with E-state index < -0.39 is 4.92 Å². The molecular weight excluding hydrogens is 314 g/mol. The molecule has 1 N–H and O–H groups in total. The molecule has 0 aliphatic rings. The maximum atomic E-state index is 10.9. The van der Waals surface area contributed by atoms with Gasteiger partial charge in [-0.15, -0.1) is 0 Å². The van der Waals surface area contributed by atoms with Crippen LogP contribution in [0.15, 0.2) is 48.5 Å². The van der Waals surface area contributed by atoms with Gasteiger partial charge < -0.3 is 10.2 Å². The van der Waals surface area contributed by atoms with Crippen LogP contribution in [-0.2, 0) is 6.54 Å². The summed E-state index contributed by atoms with van der Waals surface area (Å²) in [5, 5.41) is 14.7. The van der Waals surface area contributed by atoms with Crippen molar-refractivity contribution in [2.75, 3.05) is 20.6 Å². The van der Waals surface area contributed by atoms with Gasteiger partial charge in [0.1, 0.15) is 0 Å². The molecule has 0 bridgehead atoms. The second-order valence-corrected chi connectivity index (χ2v) is 5.96. The second-order valence-electron chi connectivity index (χ2n) is 5.55. The molecule has 0 aromatic heterocycles. The third-order valence-electron chi connectivity index (χ3n) is 3.70. The zero-order chi connectivity index (χ0) is 16.8. The van der Waals surface area contributed by atoms with E-state index in [4.69, 9.17) is 11.6 Å². The Balaban J connectivity index is 2.03. The van der Waals surface area contributed by atoms with Gasteiger partial charge >= 0.3 is 0 Å². The van der Waals surface area contributed by atoms with E-state index in [-0.39, 0.29) is 11.7 Å². The van der Waals surface area contributed by atoms with Crippen LogP contribution in [0.25, 0.3) is 0 Å². The lowest BCUT2D eigenvalue weighted by Crippen LogP contribution is -2.30. The van der Waals surface area contributed by atoms with Crippen LogP contribution in [0.2, 0.25) is 5.02 Å². The van der Waals surface area contributed by atoms with Gasteiger partial charge in [-0.3, -0.25) is 10.1 Å². The summed E-state index contributed by atoms with van der Waals surface area (Å²) in [5.74, 6) is 0. The molecule has 122 valence electrons. The summed E-state index contributed by atoms with van der Waals surface area (Å²) in [6.07, 6.45) is 0. The SMILES string of the molecule is CN(C)C(CNCc1cc([N+](=O)[O-])ccc1Cl)c1ccccc1. The van der Waals surface area contributed by atoms with Crippen molar-refractivity contribution in [1.82, 2.24) is 10.2 Å². The highest BCUT2D eigenvalue weighted by Gasteiger charge is 2.14. The summed E-state index contributed by atoms with van der Waals surface area (Å²) in [5.41, 5.74) is 2.00. The summed E-state index contributed by atoms with van der Waals surface area (Å²) in [6.45, 7) is 1.20. The van der Waals surface area contributed by atoms with Crippen molar-refractivity contribution in [2.45, 2.75) is 12.6 Å². The van der Waals surface area contributed by atoms with E-state index >= 15 is 0 Å². The van der Waals surface area contributed by atoms with Crippen molar-refractivity contribution >= 4 is 17.3 Å². The number of benzene rings is 2. The minimum atomic E-state index is -0.410. The molecule has 2 aromatic carbocycles. The molecule has 0 saturated carbocycles. The van der Waals surface area contributed by atoms with Crippen LogP contribution in [0.5, 0.6) is 0 Å². The molecule has 5 nitrogen and oxygen atoms in total. The van der Waals surface area contributed by atoms with E-state index in [2.05, 4.69) is 22.3 Å². The largest absolute Gasteiger partial charge is 0.311 e. The summed E-state index contributed by atoms with van der Waals surface area (Å²) < 4.78 is 0. The van der Waals surface area contributed by atoms with Gasteiger partial charge in [0.25, 0.3) is 5.69 Å². The lowest BCUT2D eigenvalue weighted by molar-refractivity contribution is -0.384. The van der Waals surface area contributed by atoms with Gasteiger partial charge in [0.2, 0.25) is 0 Å². The highest BCUT2D eigenvalue weighted by Crippen LogP contribution is 2.22. The highest BCUT2D eigenvalue weighted by molar-refractivity contribution is 6.31. The van der Waals surface area contributed by atoms with E-state index in [1.165, 1.54) is 17.7 Å². The number of hydrogen-bond donors (Lipinski definition) is 1. The van der Waals surface area contributed by atoms with E-state index in [9.17, 15) is 10.1 Å². The van der Waals surface area contributed by atoms with Gasteiger partial charge in [-0.1, -0.05) is 41.9 Å². The Labute approximate surface area is 141 Å². The number of nitro benzene ring substituents is 1. The van der Waals surface area contributed by atoms with Crippen LogP contribution < -0.4 is 5.32 Å². The zero-order valence-corrected chi connectivity index (χ0v) is 14.0. The summed E-state index contributed by atoms with van der Waals surface area (Å²) in [7, 11) is 4.05. The normalized spacial score (nSPS) is 12.3. The van der Waals surface area contributed by atoms with Crippen LogP contribution in [0, 0.1) is 10.1 Å². The highest BCUT2D eigenvalue weighted by atomic mass is 35.5. The standard InChI is InChI=1S/C17H20ClN3O2/c1-20(2)17(13-6-4-3-5-7-13)12-19-11-14-10-15(21(22)23)8-9-16(14)18/h3-10,17,19H,11-12H2,1-2H3. The molecule has 2 rings (SSSR count). The molecule has 0 heterocycles. The zero-order valence-electron chi connectivity index (χ0n) is 13.2. The number of rotatable bonds is 7. The third kappa shape index (κ3) is 4.76. The average molecular weight is 334 g/mol. The van der Waals surface area contributed by atoms with Gasteiger partial charge in [-0.2, -0.15) is 0 Å². The molecule has 1 unspecified atom stereocenters. The van der Waals surface area contributed by atoms with Gasteiger partial charge in [0, 0.05) is 36.3 Å². The predicted octanol–water partition coefficient (Wildman–Crippen LogP) is 3.64. The van der Waals surface area contributed by atoms with Crippen LogP contribution in [0.3, 0.4) is 0 Å². The lowest BCUT2D eigenvalue weighted by atomic mass is 10.1. The quantitative estimate of drug-likeness (QED) is 0.621. The minimum Gasteiger partial charge on any atom is -0.311 e. The summed E-state index contributed by atoms with van der Waals surface area (Å²) in [4.78, 5) is 12.6. The second kappa shape index (κ2) is 8.06. The van der Waals surface area contributed by atoms with Crippen molar-refractivity contribution in [3.8, 4) is 0 Å². The molecule has 0 spiro atoms. The smallest absolute Gasteiger partial charge is 0.269 e. The van der Waals surface area contributed by atoms with Crippen LogP contribution in [0.4, 0.5) is 5.69 Å². The maximum absolute atomic E-state index is 10.9. The molecule has 0 saturated heterocycles. The molecule has 0 aliphatic heterocycles. The molecule has 0 amide bonds. The third-order valence-corrected chi connectivity index (χ3v) is 4.07. The van der Waals surface area contributed by atoms with Crippen molar-refractivity contribution in [3.05, 3.63) is 74.8 Å². The first-order chi connectivity index (χ1) is 11.0. The van der Waals surface area contributed by atoms with E-state index in [1.54, 1.807) is 6.07 Å². The van der Waals surface area contributed by atoms with E-state index in [1.807, 2.05) is 32.3 Å². The van der Waals surface area contributed by atoms with E-state index in [0.29, 0.717) is 11.6 Å². The fraction of sp³-hybridized carbons (Fsp3) is 0.294.